The summed E-state index contributed by atoms with van der Waals surface area (Å²) in [6, 6.07) is 14.5. The predicted octanol–water partition coefficient (Wildman–Crippen LogP) is 3.97. The summed E-state index contributed by atoms with van der Waals surface area (Å²) in [6.45, 7) is 3.01. The van der Waals surface area contributed by atoms with Crippen molar-refractivity contribution in [2.45, 2.75) is 20.0 Å². The molecule has 0 radical (unpaired) electrons. The van der Waals surface area contributed by atoms with Crippen LogP contribution in [0.1, 0.15) is 23.2 Å². The van der Waals surface area contributed by atoms with Crippen molar-refractivity contribution >= 4 is 17.6 Å². The van der Waals surface area contributed by atoms with Crippen molar-refractivity contribution in [3.05, 3.63) is 71.9 Å². The highest BCUT2D eigenvalue weighted by atomic mass is 19.1. The molecule has 0 aliphatic rings. The fourth-order valence-corrected chi connectivity index (χ4v) is 2.37. The maximum Gasteiger partial charge on any atom is 0.361 e. The quantitative estimate of drug-likeness (QED) is 0.689. The number of carbonyl (C=O) groups excluding carboxylic acids is 2. The fraction of sp³-hybridized carbons (Fsp3) is 0.150. The van der Waals surface area contributed by atoms with Crippen LogP contribution in [0.5, 0.6) is 0 Å². The minimum absolute atomic E-state index is 0.000686. The number of halogens is 1. The van der Waals surface area contributed by atoms with Crippen LogP contribution in [0.4, 0.5) is 10.1 Å². The maximum absolute atomic E-state index is 13.2. The molecule has 0 fully saturated rings. The van der Waals surface area contributed by atoms with Gasteiger partial charge in [-0.15, -0.1) is 0 Å². The normalized spacial score (nSPS) is 11.7. The molecular weight excluding hydrogens is 351 g/mol. The van der Waals surface area contributed by atoms with Crippen LogP contribution in [0, 0.1) is 12.7 Å². The Morgan fingerprint density at radius 3 is 2.59 bits per heavy atom. The number of aromatic nitrogens is 1. The van der Waals surface area contributed by atoms with Gasteiger partial charge in [-0.05, 0) is 44.2 Å². The van der Waals surface area contributed by atoms with E-state index < -0.39 is 23.8 Å². The van der Waals surface area contributed by atoms with Crippen molar-refractivity contribution < 1.29 is 23.1 Å². The van der Waals surface area contributed by atoms with E-state index >= 15 is 0 Å². The number of carbonyl (C=O) groups is 2. The number of oxazole rings is 1. The van der Waals surface area contributed by atoms with E-state index in [0.29, 0.717) is 0 Å². The highest BCUT2D eigenvalue weighted by molar-refractivity contribution is 5.97. The van der Waals surface area contributed by atoms with E-state index in [9.17, 15) is 14.0 Å². The Morgan fingerprint density at radius 1 is 1.15 bits per heavy atom. The number of nitrogens with zero attached hydrogens (tertiary/aromatic N) is 1. The second-order valence-corrected chi connectivity index (χ2v) is 5.84. The summed E-state index contributed by atoms with van der Waals surface area (Å²) in [5, 5.41) is 2.49. The molecule has 27 heavy (non-hydrogen) atoms. The molecular formula is C20H17FN2O4. The van der Waals surface area contributed by atoms with Gasteiger partial charge < -0.3 is 14.5 Å². The first kappa shape index (κ1) is 18.3. The van der Waals surface area contributed by atoms with Crippen molar-refractivity contribution in [1.82, 2.24) is 4.98 Å². The summed E-state index contributed by atoms with van der Waals surface area (Å²) in [7, 11) is 0. The zero-order valence-electron chi connectivity index (χ0n) is 14.7. The average Bonchev–Trinajstić information content (AvgIpc) is 3.04. The Hall–Kier alpha value is -3.48. The molecule has 0 aliphatic carbocycles. The topological polar surface area (TPSA) is 81.4 Å². The lowest BCUT2D eigenvalue weighted by molar-refractivity contribution is -0.123. The van der Waals surface area contributed by atoms with Crippen LogP contribution in [0.15, 0.2) is 59.0 Å². The number of hydrogen-bond acceptors (Lipinski definition) is 5. The van der Waals surface area contributed by atoms with Crippen LogP contribution in [-0.4, -0.2) is 23.0 Å². The Kier molecular flexibility index (Phi) is 5.30. The van der Waals surface area contributed by atoms with Crippen LogP contribution >= 0.6 is 0 Å². The number of hydrogen-bond donors (Lipinski definition) is 1. The molecule has 1 N–H and O–H groups in total. The van der Waals surface area contributed by atoms with Gasteiger partial charge in [0.2, 0.25) is 5.89 Å². The van der Waals surface area contributed by atoms with Gasteiger partial charge in [-0.3, -0.25) is 4.79 Å². The molecule has 0 spiro atoms. The predicted molar refractivity (Wildman–Crippen MR) is 96.6 cm³/mol. The van der Waals surface area contributed by atoms with Crippen molar-refractivity contribution in [3.8, 4) is 11.5 Å². The Labute approximate surface area is 155 Å². The first-order valence-electron chi connectivity index (χ1n) is 8.24. The Bertz CT molecular complexity index is 969. The standard InChI is InChI=1S/C20H17FN2O4/c1-12-17(23-19(26-12)14-7-4-3-5-8-14)20(25)27-13(2)18(24)22-16-10-6-9-15(21)11-16/h3-11,13H,1-2H3,(H,22,24)/t13-/m1/s1. The summed E-state index contributed by atoms with van der Waals surface area (Å²) in [5.41, 5.74) is 0.989. The SMILES string of the molecule is Cc1oc(-c2ccccc2)nc1C(=O)O[C@H](C)C(=O)Nc1cccc(F)c1. The second kappa shape index (κ2) is 7.82. The lowest BCUT2D eigenvalue weighted by Crippen LogP contribution is -2.30. The van der Waals surface area contributed by atoms with Crippen molar-refractivity contribution in [2.24, 2.45) is 0 Å². The second-order valence-electron chi connectivity index (χ2n) is 5.84. The summed E-state index contributed by atoms with van der Waals surface area (Å²) in [5.74, 6) is -1.27. The summed E-state index contributed by atoms with van der Waals surface area (Å²) >= 11 is 0. The molecule has 1 amide bonds. The maximum atomic E-state index is 13.2. The lowest BCUT2D eigenvalue weighted by Gasteiger charge is -2.12. The van der Waals surface area contributed by atoms with Gasteiger partial charge in [0.25, 0.3) is 5.91 Å². The van der Waals surface area contributed by atoms with Gasteiger partial charge in [-0.1, -0.05) is 24.3 Å². The van der Waals surface area contributed by atoms with Gasteiger partial charge in [0.1, 0.15) is 11.6 Å². The number of amides is 1. The molecule has 3 aromatic rings. The number of esters is 1. The number of aryl methyl sites for hydroxylation is 1. The number of anilines is 1. The van der Waals surface area contributed by atoms with Gasteiger partial charge in [0, 0.05) is 11.3 Å². The molecule has 6 nitrogen and oxygen atoms in total. The fourth-order valence-electron chi connectivity index (χ4n) is 2.37. The first-order valence-corrected chi connectivity index (χ1v) is 8.24. The van der Waals surface area contributed by atoms with Gasteiger partial charge >= 0.3 is 5.97 Å². The molecule has 0 unspecified atom stereocenters. The molecule has 2 aromatic carbocycles. The van der Waals surface area contributed by atoms with Crippen LogP contribution in [0.2, 0.25) is 0 Å². The Balaban J connectivity index is 1.68. The average molecular weight is 368 g/mol. The molecule has 1 heterocycles. The molecule has 138 valence electrons. The van der Waals surface area contributed by atoms with E-state index in [2.05, 4.69) is 10.3 Å². The molecule has 1 aromatic heterocycles. The summed E-state index contributed by atoms with van der Waals surface area (Å²) in [6.07, 6.45) is -1.10. The van der Waals surface area contributed by atoms with E-state index in [1.807, 2.05) is 18.2 Å². The molecule has 1 atom stereocenters. The molecule has 0 saturated carbocycles. The molecule has 0 saturated heterocycles. The third-order valence-corrected chi connectivity index (χ3v) is 3.76. The van der Waals surface area contributed by atoms with Crippen molar-refractivity contribution in [2.75, 3.05) is 5.32 Å². The molecule has 0 bridgehead atoms. The zero-order valence-corrected chi connectivity index (χ0v) is 14.7. The smallest absolute Gasteiger partial charge is 0.361 e. The number of benzene rings is 2. The highest BCUT2D eigenvalue weighted by Crippen LogP contribution is 2.22. The first-order chi connectivity index (χ1) is 12.9. The van der Waals surface area contributed by atoms with Crippen molar-refractivity contribution in [1.29, 1.82) is 0 Å². The number of ether oxygens (including phenoxy) is 1. The summed E-state index contributed by atoms with van der Waals surface area (Å²) < 4.78 is 23.9. The van der Waals surface area contributed by atoms with Crippen LogP contribution in [0.25, 0.3) is 11.5 Å². The third kappa shape index (κ3) is 4.38. The van der Waals surface area contributed by atoms with Crippen LogP contribution < -0.4 is 5.32 Å². The van der Waals surface area contributed by atoms with Gasteiger partial charge in [-0.25, -0.2) is 14.2 Å². The monoisotopic (exact) mass is 368 g/mol. The van der Waals surface area contributed by atoms with Crippen LogP contribution in [-0.2, 0) is 9.53 Å². The van der Waals surface area contributed by atoms with Crippen LogP contribution in [0.3, 0.4) is 0 Å². The van der Waals surface area contributed by atoms with E-state index in [1.165, 1.54) is 31.2 Å². The largest absolute Gasteiger partial charge is 0.448 e. The van der Waals surface area contributed by atoms with E-state index in [1.54, 1.807) is 19.1 Å². The minimum Gasteiger partial charge on any atom is -0.448 e. The van der Waals surface area contributed by atoms with E-state index in [-0.39, 0.29) is 23.0 Å². The number of nitrogens with one attached hydrogen (secondary N) is 1. The minimum atomic E-state index is -1.10. The van der Waals surface area contributed by atoms with Crippen molar-refractivity contribution in [3.63, 3.8) is 0 Å². The Morgan fingerprint density at radius 2 is 1.89 bits per heavy atom. The third-order valence-electron chi connectivity index (χ3n) is 3.76. The zero-order chi connectivity index (χ0) is 19.4. The number of rotatable bonds is 5. The molecule has 7 heteroatoms. The van der Waals surface area contributed by atoms with E-state index in [4.69, 9.17) is 9.15 Å². The molecule has 3 rings (SSSR count). The highest BCUT2D eigenvalue weighted by Gasteiger charge is 2.24. The van der Waals surface area contributed by atoms with Gasteiger partial charge in [-0.2, -0.15) is 0 Å². The van der Waals surface area contributed by atoms with Gasteiger partial charge in [0.15, 0.2) is 11.8 Å². The molecule has 0 aliphatic heterocycles. The lowest BCUT2D eigenvalue weighted by atomic mass is 10.2. The van der Waals surface area contributed by atoms with Gasteiger partial charge in [0.05, 0.1) is 0 Å². The summed E-state index contributed by atoms with van der Waals surface area (Å²) in [4.78, 5) is 28.7. The van der Waals surface area contributed by atoms with E-state index in [0.717, 1.165) is 5.56 Å².